The molecule has 0 unspecified atom stereocenters. The molecule has 0 N–H and O–H groups in total. The molecule has 11 rings (SSSR count). The Morgan fingerprint density at radius 2 is 0.945 bits per heavy atom. The summed E-state index contributed by atoms with van der Waals surface area (Å²) in [6, 6.07) is 74.9. The Hall–Kier alpha value is -6.94. The standard InChI is InChI=1S/C52H34N2S/c1-2-12-39(13-3-1)53(41-32-25-38(26-33-41)44-17-10-18-46-45-15-7-9-20-50(45)55-52(44)46)40-28-21-35(22-29-40)36-23-30-42(31-24-36)54-48-19-8-6-16-47(48)51-43-14-5-4-11-37(43)27-34-49(51)54/h1-34H. The van der Waals surface area contributed by atoms with Crippen LogP contribution in [0.2, 0.25) is 0 Å². The van der Waals surface area contributed by atoms with Gasteiger partial charge in [-0.15, -0.1) is 11.3 Å². The molecule has 0 saturated carbocycles. The van der Waals surface area contributed by atoms with E-state index in [9.17, 15) is 0 Å². The molecule has 0 spiro atoms. The van der Waals surface area contributed by atoms with Gasteiger partial charge < -0.3 is 9.47 Å². The highest BCUT2D eigenvalue weighted by atomic mass is 32.1. The van der Waals surface area contributed by atoms with Gasteiger partial charge in [0.1, 0.15) is 0 Å². The first-order chi connectivity index (χ1) is 27.3. The third-order valence-electron chi connectivity index (χ3n) is 11.0. The summed E-state index contributed by atoms with van der Waals surface area (Å²) in [4.78, 5) is 2.34. The zero-order chi connectivity index (χ0) is 36.3. The zero-order valence-electron chi connectivity index (χ0n) is 29.9. The van der Waals surface area contributed by atoms with E-state index in [-0.39, 0.29) is 0 Å². The summed E-state index contributed by atoms with van der Waals surface area (Å²) in [6.45, 7) is 0. The molecule has 11 aromatic rings. The Morgan fingerprint density at radius 3 is 1.71 bits per heavy atom. The second kappa shape index (κ2) is 12.9. The highest BCUT2D eigenvalue weighted by molar-refractivity contribution is 7.26. The predicted octanol–water partition coefficient (Wildman–Crippen LogP) is 15.1. The van der Waals surface area contributed by atoms with Crippen LogP contribution in [-0.2, 0) is 0 Å². The Kier molecular flexibility index (Phi) is 7.39. The number of anilines is 3. The van der Waals surface area contributed by atoms with E-state index in [4.69, 9.17) is 0 Å². The summed E-state index contributed by atoms with van der Waals surface area (Å²) in [7, 11) is 0. The molecule has 0 radical (unpaired) electrons. The molecule has 0 aliphatic rings. The molecule has 0 atom stereocenters. The third kappa shape index (κ3) is 5.24. The van der Waals surface area contributed by atoms with Crippen molar-refractivity contribution in [3.8, 4) is 27.9 Å². The molecule has 3 heteroatoms. The van der Waals surface area contributed by atoms with Crippen LogP contribution in [0.25, 0.3) is 80.7 Å². The van der Waals surface area contributed by atoms with Crippen LogP contribution in [0.1, 0.15) is 0 Å². The molecule has 0 fully saturated rings. The van der Waals surface area contributed by atoms with E-state index in [0.717, 1.165) is 22.7 Å². The van der Waals surface area contributed by atoms with E-state index < -0.39 is 0 Å². The second-order valence-electron chi connectivity index (χ2n) is 14.1. The van der Waals surface area contributed by atoms with Gasteiger partial charge in [0.25, 0.3) is 0 Å². The van der Waals surface area contributed by atoms with E-state index in [1.807, 2.05) is 11.3 Å². The number of aromatic nitrogens is 1. The van der Waals surface area contributed by atoms with Gasteiger partial charge in [-0.3, -0.25) is 0 Å². The second-order valence-corrected chi connectivity index (χ2v) is 15.2. The predicted molar refractivity (Wildman–Crippen MR) is 237 cm³/mol. The van der Waals surface area contributed by atoms with Crippen LogP contribution >= 0.6 is 11.3 Å². The molecule has 2 aromatic heterocycles. The van der Waals surface area contributed by atoms with Crippen molar-refractivity contribution in [2.24, 2.45) is 0 Å². The summed E-state index contributed by atoms with van der Waals surface area (Å²) >= 11 is 1.88. The molecule has 0 bridgehead atoms. The number of nitrogens with zero attached hydrogens (tertiary/aromatic N) is 2. The lowest BCUT2D eigenvalue weighted by Gasteiger charge is -2.26. The first-order valence-corrected chi connectivity index (χ1v) is 19.6. The molecule has 258 valence electrons. The fourth-order valence-corrected chi connectivity index (χ4v) is 9.65. The fraction of sp³-hybridized carbons (Fsp3) is 0. The molecule has 0 saturated heterocycles. The Morgan fingerprint density at radius 1 is 0.364 bits per heavy atom. The smallest absolute Gasteiger partial charge is 0.0547 e. The van der Waals surface area contributed by atoms with Gasteiger partial charge in [0, 0.05) is 53.7 Å². The van der Waals surface area contributed by atoms with E-state index >= 15 is 0 Å². The van der Waals surface area contributed by atoms with E-state index in [2.05, 4.69) is 216 Å². The van der Waals surface area contributed by atoms with Gasteiger partial charge in [-0.05, 0) is 99.8 Å². The van der Waals surface area contributed by atoms with Crippen molar-refractivity contribution >= 4 is 81.1 Å². The Labute approximate surface area is 323 Å². The maximum atomic E-state index is 2.40. The van der Waals surface area contributed by atoms with Gasteiger partial charge in [-0.2, -0.15) is 0 Å². The molecule has 2 heterocycles. The van der Waals surface area contributed by atoms with Gasteiger partial charge in [-0.1, -0.05) is 140 Å². The van der Waals surface area contributed by atoms with Gasteiger partial charge in [0.2, 0.25) is 0 Å². The molecule has 0 aliphatic heterocycles. The average Bonchev–Trinajstić information content (AvgIpc) is 3.81. The quantitative estimate of drug-likeness (QED) is 0.166. The van der Waals surface area contributed by atoms with Crippen LogP contribution < -0.4 is 4.90 Å². The van der Waals surface area contributed by atoms with Crippen LogP contribution in [-0.4, -0.2) is 4.57 Å². The SMILES string of the molecule is c1ccc(N(c2ccc(-c3ccc(-n4c5ccccc5c5c6ccccc6ccc54)cc3)cc2)c2ccc(-c3cccc4c3sc3ccccc34)cc2)cc1. The highest BCUT2D eigenvalue weighted by Crippen LogP contribution is 2.42. The van der Waals surface area contributed by atoms with Crippen molar-refractivity contribution in [1.82, 2.24) is 4.57 Å². The normalized spacial score (nSPS) is 11.6. The Bertz CT molecular complexity index is 3170. The van der Waals surface area contributed by atoms with Crippen LogP contribution in [0.15, 0.2) is 206 Å². The van der Waals surface area contributed by atoms with Crippen molar-refractivity contribution in [2.45, 2.75) is 0 Å². The van der Waals surface area contributed by atoms with Crippen molar-refractivity contribution in [3.63, 3.8) is 0 Å². The number of benzene rings is 9. The van der Waals surface area contributed by atoms with Crippen molar-refractivity contribution in [1.29, 1.82) is 0 Å². The topological polar surface area (TPSA) is 8.17 Å². The molecule has 0 aliphatic carbocycles. The highest BCUT2D eigenvalue weighted by Gasteiger charge is 2.17. The average molecular weight is 719 g/mol. The maximum absolute atomic E-state index is 2.40. The van der Waals surface area contributed by atoms with Crippen LogP contribution in [0.3, 0.4) is 0 Å². The lowest BCUT2D eigenvalue weighted by atomic mass is 10.0. The van der Waals surface area contributed by atoms with Crippen LogP contribution in [0, 0.1) is 0 Å². The van der Waals surface area contributed by atoms with Crippen LogP contribution in [0.4, 0.5) is 17.1 Å². The van der Waals surface area contributed by atoms with E-state index in [1.54, 1.807) is 0 Å². The van der Waals surface area contributed by atoms with Crippen molar-refractivity contribution < 1.29 is 0 Å². The van der Waals surface area contributed by atoms with Gasteiger partial charge in [0.05, 0.1) is 11.0 Å². The molecular weight excluding hydrogens is 685 g/mol. The largest absolute Gasteiger partial charge is 0.311 e. The molecular formula is C52H34N2S. The molecule has 0 amide bonds. The number of hydrogen-bond acceptors (Lipinski definition) is 2. The summed E-state index contributed by atoms with van der Waals surface area (Å²) < 4.78 is 5.06. The number of fused-ring (bicyclic) bond motifs is 8. The first kappa shape index (κ1) is 31.6. The zero-order valence-corrected chi connectivity index (χ0v) is 30.7. The number of para-hydroxylation sites is 2. The number of thiophene rings is 1. The minimum absolute atomic E-state index is 1.11. The van der Waals surface area contributed by atoms with Crippen molar-refractivity contribution in [3.05, 3.63) is 206 Å². The summed E-state index contributed by atoms with van der Waals surface area (Å²) in [6.07, 6.45) is 0. The number of hydrogen-bond donors (Lipinski definition) is 0. The van der Waals surface area contributed by atoms with Gasteiger partial charge >= 0.3 is 0 Å². The fourth-order valence-electron chi connectivity index (χ4n) is 8.41. The van der Waals surface area contributed by atoms with Gasteiger partial charge in [0.15, 0.2) is 0 Å². The number of rotatable bonds is 6. The minimum Gasteiger partial charge on any atom is -0.311 e. The molecule has 55 heavy (non-hydrogen) atoms. The summed E-state index contributed by atoms with van der Waals surface area (Å²) in [5.74, 6) is 0. The van der Waals surface area contributed by atoms with Crippen molar-refractivity contribution in [2.75, 3.05) is 4.90 Å². The summed E-state index contributed by atoms with van der Waals surface area (Å²) in [5, 5.41) is 7.79. The summed E-state index contributed by atoms with van der Waals surface area (Å²) in [5.41, 5.74) is 11.8. The van der Waals surface area contributed by atoms with E-state index in [0.29, 0.717) is 0 Å². The first-order valence-electron chi connectivity index (χ1n) is 18.8. The lowest BCUT2D eigenvalue weighted by Crippen LogP contribution is -2.09. The monoisotopic (exact) mass is 718 g/mol. The van der Waals surface area contributed by atoms with E-state index in [1.165, 1.54) is 75.0 Å². The lowest BCUT2D eigenvalue weighted by molar-refractivity contribution is 1.18. The maximum Gasteiger partial charge on any atom is 0.0547 e. The van der Waals surface area contributed by atoms with Crippen LogP contribution in [0.5, 0.6) is 0 Å². The van der Waals surface area contributed by atoms with Gasteiger partial charge in [-0.25, -0.2) is 0 Å². The minimum atomic E-state index is 1.11. The third-order valence-corrected chi connectivity index (χ3v) is 12.2. The Balaban J connectivity index is 0.930. The molecule has 2 nitrogen and oxygen atoms in total. The molecule has 9 aromatic carbocycles.